The molecule has 0 amide bonds. The van der Waals surface area contributed by atoms with E-state index in [9.17, 15) is 0 Å². The standard InChI is InChI=1S/C34H22N4S2/c1-5-13-29-25(9-1)37(26-10-2-6-14-30(26)39-29)33-21-23(17-19-35-33)24-18-20-36-34(22-24)38-27-11-3-7-15-31(27)40-32-16-8-4-12-28(32)38/h1-22H. The number of benzene rings is 4. The molecule has 6 heteroatoms. The molecule has 4 nitrogen and oxygen atoms in total. The summed E-state index contributed by atoms with van der Waals surface area (Å²) in [4.78, 5) is 19.1. The lowest BCUT2D eigenvalue weighted by Gasteiger charge is -2.32. The van der Waals surface area contributed by atoms with Gasteiger partial charge in [0.2, 0.25) is 0 Å². The van der Waals surface area contributed by atoms with Gasteiger partial charge in [-0.2, -0.15) is 0 Å². The average molecular weight is 551 g/mol. The minimum Gasteiger partial charge on any atom is -0.293 e. The van der Waals surface area contributed by atoms with Crippen molar-refractivity contribution in [3.63, 3.8) is 0 Å². The van der Waals surface area contributed by atoms with Gasteiger partial charge in [0.1, 0.15) is 11.6 Å². The SMILES string of the molecule is c1ccc2c(c1)Sc1ccccc1N2c1cc(-c2ccnc(N3c4ccccc4Sc4ccccc43)c2)ccn1. The first kappa shape index (κ1) is 23.4. The molecule has 0 atom stereocenters. The van der Waals surface area contributed by atoms with Crippen LogP contribution in [0.4, 0.5) is 34.4 Å². The highest BCUT2D eigenvalue weighted by Gasteiger charge is 2.27. The maximum absolute atomic E-state index is 4.85. The van der Waals surface area contributed by atoms with Gasteiger partial charge in [-0.05, 0) is 83.9 Å². The van der Waals surface area contributed by atoms with Gasteiger partial charge < -0.3 is 0 Å². The third kappa shape index (κ3) is 3.87. The van der Waals surface area contributed by atoms with Crippen LogP contribution in [0.15, 0.2) is 153 Å². The van der Waals surface area contributed by atoms with Gasteiger partial charge in [0.15, 0.2) is 0 Å². The van der Waals surface area contributed by atoms with Crippen molar-refractivity contribution in [2.24, 2.45) is 0 Å². The molecular weight excluding hydrogens is 529 g/mol. The fourth-order valence-corrected chi connectivity index (χ4v) is 7.46. The predicted octanol–water partition coefficient (Wildman–Crippen LogP) is 10.0. The zero-order chi connectivity index (χ0) is 26.5. The fraction of sp³-hybridized carbons (Fsp3) is 0. The fourth-order valence-electron chi connectivity index (χ4n) is 5.34. The molecule has 0 radical (unpaired) electrons. The van der Waals surface area contributed by atoms with Crippen LogP contribution in [-0.4, -0.2) is 9.97 Å². The Morgan fingerprint density at radius 2 is 0.725 bits per heavy atom. The van der Waals surface area contributed by atoms with Crippen LogP contribution < -0.4 is 9.80 Å². The maximum atomic E-state index is 4.85. The second-order valence-electron chi connectivity index (χ2n) is 9.55. The molecule has 2 aromatic heterocycles. The summed E-state index contributed by atoms with van der Waals surface area (Å²) in [7, 11) is 0. The zero-order valence-electron chi connectivity index (χ0n) is 21.3. The molecule has 2 aliphatic heterocycles. The zero-order valence-corrected chi connectivity index (χ0v) is 22.9. The van der Waals surface area contributed by atoms with Gasteiger partial charge in [-0.25, -0.2) is 9.97 Å². The largest absolute Gasteiger partial charge is 0.293 e. The van der Waals surface area contributed by atoms with Crippen LogP contribution in [0.1, 0.15) is 0 Å². The molecule has 0 spiro atoms. The van der Waals surface area contributed by atoms with Crippen molar-refractivity contribution in [1.82, 2.24) is 9.97 Å². The molecule has 4 aromatic carbocycles. The summed E-state index contributed by atoms with van der Waals surface area (Å²) >= 11 is 3.61. The predicted molar refractivity (Wildman–Crippen MR) is 165 cm³/mol. The van der Waals surface area contributed by atoms with Gasteiger partial charge in [0.25, 0.3) is 0 Å². The Kier molecular flexibility index (Phi) is 5.60. The van der Waals surface area contributed by atoms with E-state index >= 15 is 0 Å². The Bertz CT molecular complexity index is 1670. The number of hydrogen-bond acceptors (Lipinski definition) is 6. The number of fused-ring (bicyclic) bond motifs is 4. The minimum atomic E-state index is 0.890. The lowest BCUT2D eigenvalue weighted by Crippen LogP contribution is -2.16. The van der Waals surface area contributed by atoms with E-state index in [0.717, 1.165) is 45.5 Å². The third-order valence-electron chi connectivity index (χ3n) is 7.15. The van der Waals surface area contributed by atoms with Crippen LogP contribution in [0.25, 0.3) is 11.1 Å². The molecule has 4 heterocycles. The maximum Gasteiger partial charge on any atom is 0.138 e. The molecule has 40 heavy (non-hydrogen) atoms. The second kappa shape index (κ2) is 9.59. The number of pyridine rings is 2. The topological polar surface area (TPSA) is 32.3 Å². The van der Waals surface area contributed by atoms with Crippen LogP contribution in [-0.2, 0) is 0 Å². The number of hydrogen-bond donors (Lipinski definition) is 0. The molecule has 2 aliphatic rings. The summed E-state index contributed by atoms with van der Waals surface area (Å²) < 4.78 is 0. The molecule has 8 rings (SSSR count). The minimum absolute atomic E-state index is 0.890. The van der Waals surface area contributed by atoms with Crippen LogP contribution in [0, 0.1) is 0 Å². The van der Waals surface area contributed by atoms with E-state index < -0.39 is 0 Å². The molecule has 0 fully saturated rings. The number of aromatic nitrogens is 2. The molecule has 0 unspecified atom stereocenters. The van der Waals surface area contributed by atoms with E-state index in [1.807, 2.05) is 12.4 Å². The lowest BCUT2D eigenvalue weighted by molar-refractivity contribution is 1.11. The van der Waals surface area contributed by atoms with E-state index in [0.29, 0.717) is 0 Å². The molecule has 190 valence electrons. The Labute approximate surface area is 241 Å². The summed E-state index contributed by atoms with van der Waals surface area (Å²) in [5.41, 5.74) is 6.76. The Morgan fingerprint density at radius 3 is 1.07 bits per heavy atom. The number of para-hydroxylation sites is 4. The monoisotopic (exact) mass is 550 g/mol. The van der Waals surface area contributed by atoms with Crippen LogP contribution in [0.2, 0.25) is 0 Å². The number of nitrogens with zero attached hydrogens (tertiary/aromatic N) is 4. The molecule has 0 bridgehead atoms. The first-order valence-corrected chi connectivity index (χ1v) is 14.7. The average Bonchev–Trinajstić information content (AvgIpc) is 3.02. The molecule has 0 saturated heterocycles. The van der Waals surface area contributed by atoms with Crippen molar-refractivity contribution in [2.45, 2.75) is 19.6 Å². The van der Waals surface area contributed by atoms with Crippen LogP contribution in [0.3, 0.4) is 0 Å². The summed E-state index contributed by atoms with van der Waals surface area (Å²) in [5, 5.41) is 0. The first-order valence-electron chi connectivity index (χ1n) is 13.1. The molecule has 0 saturated carbocycles. The van der Waals surface area contributed by atoms with Gasteiger partial charge in [-0.3, -0.25) is 9.80 Å². The summed E-state index contributed by atoms with van der Waals surface area (Å²) in [6.07, 6.45) is 3.81. The smallest absolute Gasteiger partial charge is 0.138 e. The van der Waals surface area contributed by atoms with Gasteiger partial charge in [-0.15, -0.1) is 0 Å². The first-order chi connectivity index (χ1) is 19.8. The number of rotatable bonds is 3. The Hall–Kier alpha value is -4.52. The second-order valence-corrected chi connectivity index (χ2v) is 11.7. The van der Waals surface area contributed by atoms with Crippen molar-refractivity contribution >= 4 is 57.9 Å². The van der Waals surface area contributed by atoms with Gasteiger partial charge in [0.05, 0.1) is 22.7 Å². The van der Waals surface area contributed by atoms with Gasteiger partial charge in [-0.1, -0.05) is 72.1 Å². The highest BCUT2D eigenvalue weighted by atomic mass is 32.2. The van der Waals surface area contributed by atoms with Crippen molar-refractivity contribution in [2.75, 3.05) is 9.80 Å². The lowest BCUT2D eigenvalue weighted by atomic mass is 10.1. The van der Waals surface area contributed by atoms with E-state index in [2.05, 4.69) is 131 Å². The Morgan fingerprint density at radius 1 is 0.400 bits per heavy atom. The quantitative estimate of drug-likeness (QED) is 0.218. The molecular formula is C34H22N4S2. The van der Waals surface area contributed by atoms with Gasteiger partial charge >= 0.3 is 0 Å². The van der Waals surface area contributed by atoms with Crippen molar-refractivity contribution in [3.05, 3.63) is 134 Å². The van der Waals surface area contributed by atoms with Crippen LogP contribution >= 0.6 is 23.5 Å². The van der Waals surface area contributed by atoms with Crippen molar-refractivity contribution in [3.8, 4) is 11.1 Å². The summed E-state index contributed by atoms with van der Waals surface area (Å²) in [6.45, 7) is 0. The van der Waals surface area contributed by atoms with E-state index in [-0.39, 0.29) is 0 Å². The Balaban J connectivity index is 1.24. The van der Waals surface area contributed by atoms with Crippen LogP contribution in [0.5, 0.6) is 0 Å². The summed E-state index contributed by atoms with van der Waals surface area (Å²) in [5.74, 6) is 1.78. The van der Waals surface area contributed by atoms with Gasteiger partial charge in [0, 0.05) is 32.0 Å². The van der Waals surface area contributed by atoms with Crippen molar-refractivity contribution in [1.29, 1.82) is 0 Å². The third-order valence-corrected chi connectivity index (χ3v) is 9.41. The number of anilines is 6. The molecule has 6 aromatic rings. The van der Waals surface area contributed by atoms with Crippen molar-refractivity contribution < 1.29 is 0 Å². The van der Waals surface area contributed by atoms with E-state index in [4.69, 9.17) is 9.97 Å². The molecule has 0 aliphatic carbocycles. The normalized spacial score (nSPS) is 13.2. The molecule has 0 N–H and O–H groups in total. The summed E-state index contributed by atoms with van der Waals surface area (Å²) in [6, 6.07) is 42.6. The highest BCUT2D eigenvalue weighted by molar-refractivity contribution is 8.00. The van der Waals surface area contributed by atoms with E-state index in [1.165, 1.54) is 19.6 Å². The van der Waals surface area contributed by atoms with E-state index in [1.54, 1.807) is 23.5 Å². The highest BCUT2D eigenvalue weighted by Crippen LogP contribution is 2.52.